The highest BCUT2D eigenvalue weighted by Crippen LogP contribution is 2.34. The van der Waals surface area contributed by atoms with Crippen molar-refractivity contribution >= 4 is 28.9 Å². The number of amides is 2. The van der Waals surface area contributed by atoms with Crippen LogP contribution in [0.15, 0.2) is 42.5 Å². The van der Waals surface area contributed by atoms with Crippen molar-refractivity contribution in [1.29, 1.82) is 0 Å². The number of fused-ring (bicyclic) bond motifs is 1. The zero-order valence-electron chi connectivity index (χ0n) is 13.1. The molecule has 0 saturated carbocycles. The van der Waals surface area contributed by atoms with E-state index in [0.717, 1.165) is 5.69 Å². The van der Waals surface area contributed by atoms with E-state index in [0.29, 0.717) is 22.9 Å². The zero-order valence-corrected chi connectivity index (χ0v) is 13.1. The van der Waals surface area contributed by atoms with E-state index >= 15 is 0 Å². The predicted octanol–water partition coefficient (Wildman–Crippen LogP) is 2.42. The summed E-state index contributed by atoms with van der Waals surface area (Å²) in [6, 6.07) is 12.4. The normalized spacial score (nSPS) is 11.7. The first kappa shape index (κ1) is 15.7. The van der Waals surface area contributed by atoms with Gasteiger partial charge < -0.3 is 25.4 Å². The van der Waals surface area contributed by atoms with Crippen molar-refractivity contribution in [3.8, 4) is 11.5 Å². The lowest BCUT2D eigenvalue weighted by Gasteiger charge is -2.10. The van der Waals surface area contributed by atoms with Crippen molar-refractivity contribution in [2.75, 3.05) is 29.3 Å². The summed E-state index contributed by atoms with van der Waals surface area (Å²) >= 11 is 0. The number of nitrogens with one attached hydrogen (secondary N) is 3. The first-order valence-corrected chi connectivity index (χ1v) is 7.41. The van der Waals surface area contributed by atoms with Crippen LogP contribution in [0.4, 0.5) is 17.1 Å². The lowest BCUT2D eigenvalue weighted by atomic mass is 10.2. The molecule has 24 heavy (non-hydrogen) atoms. The van der Waals surface area contributed by atoms with Crippen molar-refractivity contribution in [2.24, 2.45) is 0 Å². The Morgan fingerprint density at radius 3 is 2.54 bits per heavy atom. The summed E-state index contributed by atoms with van der Waals surface area (Å²) in [5.74, 6) is 0.941. The predicted molar refractivity (Wildman–Crippen MR) is 90.4 cm³/mol. The van der Waals surface area contributed by atoms with Crippen LogP contribution in [0.25, 0.3) is 0 Å². The van der Waals surface area contributed by atoms with Crippen LogP contribution in [0.5, 0.6) is 11.5 Å². The zero-order chi connectivity index (χ0) is 16.9. The number of hydrogen-bond donors (Lipinski definition) is 3. The molecule has 0 unspecified atom stereocenters. The Balaban J connectivity index is 1.55. The molecule has 0 fully saturated rings. The van der Waals surface area contributed by atoms with Gasteiger partial charge in [0.05, 0.1) is 6.54 Å². The molecule has 0 atom stereocenters. The molecular formula is C17H17N3O4. The molecule has 1 aliphatic rings. The van der Waals surface area contributed by atoms with Crippen LogP contribution < -0.4 is 25.4 Å². The van der Waals surface area contributed by atoms with E-state index in [1.165, 1.54) is 6.92 Å². The Labute approximate surface area is 139 Å². The second-order valence-electron chi connectivity index (χ2n) is 5.23. The first-order valence-electron chi connectivity index (χ1n) is 7.41. The molecule has 7 heteroatoms. The van der Waals surface area contributed by atoms with Crippen LogP contribution in [0.3, 0.4) is 0 Å². The molecule has 2 amide bonds. The molecule has 0 spiro atoms. The molecule has 1 heterocycles. The van der Waals surface area contributed by atoms with Crippen molar-refractivity contribution in [1.82, 2.24) is 0 Å². The fourth-order valence-electron chi connectivity index (χ4n) is 2.27. The van der Waals surface area contributed by atoms with Gasteiger partial charge in [0.25, 0.3) is 0 Å². The van der Waals surface area contributed by atoms with Gasteiger partial charge in [-0.2, -0.15) is 0 Å². The lowest BCUT2D eigenvalue weighted by molar-refractivity contribution is -0.115. The fourth-order valence-corrected chi connectivity index (χ4v) is 2.27. The molecule has 2 aromatic carbocycles. The summed E-state index contributed by atoms with van der Waals surface area (Å²) < 4.78 is 10.5. The summed E-state index contributed by atoms with van der Waals surface area (Å²) in [7, 11) is 0. The summed E-state index contributed by atoms with van der Waals surface area (Å²) in [5.41, 5.74) is 2.05. The molecular weight excluding hydrogens is 310 g/mol. The highest BCUT2D eigenvalue weighted by Gasteiger charge is 2.14. The molecule has 124 valence electrons. The monoisotopic (exact) mass is 327 g/mol. The van der Waals surface area contributed by atoms with Gasteiger partial charge in [0.1, 0.15) is 0 Å². The minimum absolute atomic E-state index is 0.0952. The summed E-state index contributed by atoms with van der Waals surface area (Å²) in [4.78, 5) is 23.1. The van der Waals surface area contributed by atoms with Gasteiger partial charge in [-0.25, -0.2) is 0 Å². The van der Waals surface area contributed by atoms with Crippen LogP contribution in [0, 0.1) is 0 Å². The Hall–Kier alpha value is -3.22. The Kier molecular flexibility index (Phi) is 4.51. The highest BCUT2D eigenvalue weighted by molar-refractivity contribution is 5.94. The Bertz CT molecular complexity index is 776. The molecule has 2 aromatic rings. The van der Waals surface area contributed by atoms with E-state index < -0.39 is 0 Å². The van der Waals surface area contributed by atoms with E-state index in [1.54, 1.807) is 36.4 Å². The Morgan fingerprint density at radius 1 is 0.958 bits per heavy atom. The van der Waals surface area contributed by atoms with Crippen LogP contribution in [-0.2, 0) is 9.59 Å². The van der Waals surface area contributed by atoms with E-state index in [4.69, 9.17) is 9.47 Å². The van der Waals surface area contributed by atoms with Crippen LogP contribution in [0.2, 0.25) is 0 Å². The number of ether oxygens (including phenoxy) is 2. The largest absolute Gasteiger partial charge is 0.454 e. The van der Waals surface area contributed by atoms with Gasteiger partial charge in [-0.3, -0.25) is 9.59 Å². The minimum Gasteiger partial charge on any atom is -0.454 e. The molecule has 7 nitrogen and oxygen atoms in total. The van der Waals surface area contributed by atoms with Crippen LogP contribution in [-0.4, -0.2) is 25.2 Å². The second kappa shape index (κ2) is 6.91. The molecule has 0 aromatic heterocycles. The third kappa shape index (κ3) is 3.95. The first-order chi connectivity index (χ1) is 11.6. The third-order valence-electron chi connectivity index (χ3n) is 3.29. The minimum atomic E-state index is -0.196. The van der Waals surface area contributed by atoms with Gasteiger partial charge in [0.2, 0.25) is 18.6 Å². The van der Waals surface area contributed by atoms with Crippen LogP contribution >= 0.6 is 0 Å². The molecule has 0 aliphatic carbocycles. The summed E-state index contributed by atoms with van der Waals surface area (Å²) in [6.45, 7) is 1.73. The average Bonchev–Trinajstić information content (AvgIpc) is 3.00. The maximum atomic E-state index is 12.0. The molecule has 3 N–H and O–H groups in total. The number of hydrogen-bond acceptors (Lipinski definition) is 5. The van der Waals surface area contributed by atoms with Gasteiger partial charge in [0.15, 0.2) is 11.5 Å². The van der Waals surface area contributed by atoms with Crippen LogP contribution in [0.1, 0.15) is 6.92 Å². The number of rotatable bonds is 5. The van der Waals surface area contributed by atoms with E-state index in [-0.39, 0.29) is 25.2 Å². The van der Waals surface area contributed by atoms with E-state index in [1.807, 2.05) is 6.07 Å². The number of anilines is 3. The molecule has 0 radical (unpaired) electrons. The van der Waals surface area contributed by atoms with Gasteiger partial charge in [0, 0.05) is 30.1 Å². The topological polar surface area (TPSA) is 88.7 Å². The van der Waals surface area contributed by atoms with E-state index in [9.17, 15) is 9.59 Å². The number of carbonyl (C=O) groups is 2. The quantitative estimate of drug-likeness (QED) is 0.785. The summed E-state index contributed by atoms with van der Waals surface area (Å²) in [6.07, 6.45) is 0. The molecule has 3 rings (SSSR count). The van der Waals surface area contributed by atoms with Crippen molar-refractivity contribution < 1.29 is 19.1 Å². The van der Waals surface area contributed by atoms with E-state index in [2.05, 4.69) is 16.0 Å². The molecule has 0 saturated heterocycles. The highest BCUT2D eigenvalue weighted by atomic mass is 16.7. The average molecular weight is 327 g/mol. The Morgan fingerprint density at radius 2 is 1.71 bits per heavy atom. The van der Waals surface area contributed by atoms with Crippen molar-refractivity contribution in [3.63, 3.8) is 0 Å². The molecule has 0 bridgehead atoms. The second-order valence-corrected chi connectivity index (χ2v) is 5.23. The van der Waals surface area contributed by atoms with Gasteiger partial charge >= 0.3 is 0 Å². The lowest BCUT2D eigenvalue weighted by Crippen LogP contribution is -2.21. The van der Waals surface area contributed by atoms with Crippen molar-refractivity contribution in [2.45, 2.75) is 6.92 Å². The van der Waals surface area contributed by atoms with Gasteiger partial charge in [-0.1, -0.05) is 6.07 Å². The SMILES string of the molecule is CC(=O)Nc1cccc(NCC(=O)Nc2ccc3c(c2)OCO3)c1. The van der Waals surface area contributed by atoms with Gasteiger partial charge in [-0.05, 0) is 30.3 Å². The third-order valence-corrected chi connectivity index (χ3v) is 3.29. The maximum absolute atomic E-state index is 12.0. The maximum Gasteiger partial charge on any atom is 0.243 e. The van der Waals surface area contributed by atoms with Gasteiger partial charge in [-0.15, -0.1) is 0 Å². The van der Waals surface area contributed by atoms with Crippen molar-refractivity contribution in [3.05, 3.63) is 42.5 Å². The number of carbonyl (C=O) groups excluding carboxylic acids is 2. The fraction of sp³-hybridized carbons (Fsp3) is 0.176. The number of benzene rings is 2. The molecule has 1 aliphatic heterocycles. The standard InChI is InChI=1S/C17H17N3O4/c1-11(21)19-13-4-2-3-12(7-13)18-9-17(22)20-14-5-6-15-16(8-14)24-10-23-15/h2-8,18H,9-10H2,1H3,(H,19,21)(H,20,22). The smallest absolute Gasteiger partial charge is 0.243 e. The summed E-state index contributed by atoms with van der Waals surface area (Å²) in [5, 5.41) is 8.48.